The van der Waals surface area contributed by atoms with Gasteiger partial charge >= 0.3 is 0 Å². The van der Waals surface area contributed by atoms with Crippen molar-refractivity contribution in [2.75, 3.05) is 45.3 Å². The third kappa shape index (κ3) is 5.00. The van der Waals surface area contributed by atoms with Crippen LogP contribution in [0.5, 0.6) is 11.5 Å². The summed E-state index contributed by atoms with van der Waals surface area (Å²) in [6.07, 6.45) is 0.302. The minimum Gasteiger partial charge on any atom is -0.493 e. The summed E-state index contributed by atoms with van der Waals surface area (Å²) in [4.78, 5) is 29.2. The summed E-state index contributed by atoms with van der Waals surface area (Å²) in [5, 5.41) is 4.57. The predicted molar refractivity (Wildman–Crippen MR) is 127 cm³/mol. The average Bonchev–Trinajstić information content (AvgIpc) is 2.85. The maximum absolute atomic E-state index is 12.9. The fourth-order valence-corrected chi connectivity index (χ4v) is 3.90. The predicted octanol–water partition coefficient (Wildman–Crippen LogP) is 2.45. The molecule has 2 aromatic carbocycles. The van der Waals surface area contributed by atoms with E-state index in [2.05, 4.69) is 10.00 Å². The molecule has 0 atom stereocenters. The van der Waals surface area contributed by atoms with E-state index in [1.54, 1.807) is 20.3 Å². The molecule has 0 radical (unpaired) electrons. The van der Waals surface area contributed by atoms with Crippen molar-refractivity contribution in [3.8, 4) is 17.2 Å². The van der Waals surface area contributed by atoms with Crippen LogP contribution in [-0.2, 0) is 11.2 Å². The van der Waals surface area contributed by atoms with Gasteiger partial charge in [-0.3, -0.25) is 9.59 Å². The van der Waals surface area contributed by atoms with Gasteiger partial charge < -0.3 is 19.3 Å². The van der Waals surface area contributed by atoms with E-state index in [-0.39, 0.29) is 11.5 Å². The van der Waals surface area contributed by atoms with Crippen LogP contribution >= 0.6 is 0 Å². The molecule has 0 unspecified atom stereocenters. The number of benzene rings is 2. The SMILES string of the molecule is COc1ccc(CC(=O)N2CCN(c3ccc(=O)n(-c4ccc(C)cc4)n3)CC2)cc1OC. The van der Waals surface area contributed by atoms with Crippen LogP contribution in [-0.4, -0.2) is 61.0 Å². The standard InChI is InChI=1S/C25H28N4O4/c1-18-4-7-20(8-5-18)29-24(30)11-10-23(26-29)27-12-14-28(15-13-27)25(31)17-19-6-9-21(32-2)22(16-19)33-3/h4-11,16H,12-15,17H2,1-3H3. The molecule has 3 aromatic rings. The Morgan fingerprint density at radius 2 is 1.61 bits per heavy atom. The van der Waals surface area contributed by atoms with Crippen molar-refractivity contribution in [1.82, 2.24) is 14.7 Å². The van der Waals surface area contributed by atoms with E-state index >= 15 is 0 Å². The van der Waals surface area contributed by atoms with Crippen molar-refractivity contribution in [3.05, 3.63) is 76.1 Å². The fourth-order valence-electron chi connectivity index (χ4n) is 3.90. The summed E-state index contributed by atoms with van der Waals surface area (Å²) in [7, 11) is 3.17. The van der Waals surface area contributed by atoms with Crippen LogP contribution in [0.2, 0.25) is 0 Å². The second-order valence-electron chi connectivity index (χ2n) is 8.01. The number of nitrogens with zero attached hydrogens (tertiary/aromatic N) is 4. The first kappa shape index (κ1) is 22.4. The number of aromatic nitrogens is 2. The minimum atomic E-state index is -0.175. The van der Waals surface area contributed by atoms with Crippen LogP contribution in [0.4, 0.5) is 5.82 Å². The monoisotopic (exact) mass is 448 g/mol. The zero-order valence-electron chi connectivity index (χ0n) is 19.2. The van der Waals surface area contributed by atoms with Gasteiger partial charge in [0, 0.05) is 32.2 Å². The Morgan fingerprint density at radius 1 is 0.909 bits per heavy atom. The maximum Gasteiger partial charge on any atom is 0.271 e. The van der Waals surface area contributed by atoms with Gasteiger partial charge in [0.05, 0.1) is 26.3 Å². The Kier molecular flexibility index (Phi) is 6.63. The number of hydrogen-bond donors (Lipinski definition) is 0. The molecular formula is C25H28N4O4. The molecule has 1 aliphatic rings. The van der Waals surface area contributed by atoms with Crippen molar-refractivity contribution in [2.24, 2.45) is 0 Å². The highest BCUT2D eigenvalue weighted by atomic mass is 16.5. The van der Waals surface area contributed by atoms with Gasteiger partial charge in [0.15, 0.2) is 11.5 Å². The molecule has 8 nitrogen and oxygen atoms in total. The van der Waals surface area contributed by atoms with Crippen LogP contribution in [0, 0.1) is 6.92 Å². The molecule has 1 aromatic heterocycles. The number of piperazine rings is 1. The maximum atomic E-state index is 12.9. The van der Waals surface area contributed by atoms with E-state index in [4.69, 9.17) is 9.47 Å². The summed E-state index contributed by atoms with van der Waals surface area (Å²) < 4.78 is 12.0. The highest BCUT2D eigenvalue weighted by Crippen LogP contribution is 2.28. The van der Waals surface area contributed by atoms with Crippen molar-refractivity contribution in [3.63, 3.8) is 0 Å². The number of ether oxygens (including phenoxy) is 2. The molecule has 1 amide bonds. The first-order valence-corrected chi connectivity index (χ1v) is 10.9. The van der Waals surface area contributed by atoms with E-state index in [0.29, 0.717) is 44.1 Å². The number of methoxy groups -OCH3 is 2. The molecule has 1 saturated heterocycles. The largest absolute Gasteiger partial charge is 0.493 e. The summed E-state index contributed by atoms with van der Waals surface area (Å²) >= 11 is 0. The Hall–Kier alpha value is -3.81. The molecule has 172 valence electrons. The third-order valence-corrected chi connectivity index (χ3v) is 5.82. The Balaban J connectivity index is 1.41. The van der Waals surface area contributed by atoms with Crippen LogP contribution < -0.4 is 19.9 Å². The molecule has 8 heteroatoms. The van der Waals surface area contributed by atoms with Crippen LogP contribution in [0.15, 0.2) is 59.4 Å². The van der Waals surface area contributed by atoms with Crippen LogP contribution in [0.1, 0.15) is 11.1 Å². The van der Waals surface area contributed by atoms with Crippen molar-refractivity contribution < 1.29 is 14.3 Å². The molecule has 4 rings (SSSR count). The second-order valence-corrected chi connectivity index (χ2v) is 8.01. The van der Waals surface area contributed by atoms with Crippen molar-refractivity contribution >= 4 is 11.7 Å². The lowest BCUT2D eigenvalue weighted by atomic mass is 10.1. The van der Waals surface area contributed by atoms with Gasteiger partial charge in [-0.15, -0.1) is 5.10 Å². The number of aryl methyl sites for hydroxylation is 1. The lowest BCUT2D eigenvalue weighted by Gasteiger charge is -2.35. The fraction of sp³-hybridized carbons (Fsp3) is 0.320. The Bertz CT molecular complexity index is 1180. The van der Waals surface area contributed by atoms with Gasteiger partial charge in [0.25, 0.3) is 5.56 Å². The lowest BCUT2D eigenvalue weighted by Crippen LogP contribution is -2.49. The first-order chi connectivity index (χ1) is 16.0. The topological polar surface area (TPSA) is 76.9 Å². The lowest BCUT2D eigenvalue weighted by molar-refractivity contribution is -0.130. The zero-order chi connectivity index (χ0) is 23.4. The highest BCUT2D eigenvalue weighted by Gasteiger charge is 2.23. The van der Waals surface area contributed by atoms with Crippen molar-refractivity contribution in [1.29, 1.82) is 0 Å². The van der Waals surface area contributed by atoms with E-state index in [9.17, 15) is 9.59 Å². The van der Waals surface area contributed by atoms with Gasteiger partial charge in [-0.25, -0.2) is 0 Å². The summed E-state index contributed by atoms with van der Waals surface area (Å²) in [5.41, 5.74) is 2.56. The molecule has 2 heterocycles. The molecule has 0 N–H and O–H groups in total. The smallest absolute Gasteiger partial charge is 0.271 e. The van der Waals surface area contributed by atoms with E-state index in [1.165, 1.54) is 10.7 Å². The van der Waals surface area contributed by atoms with Gasteiger partial charge in [-0.1, -0.05) is 23.8 Å². The zero-order valence-corrected chi connectivity index (χ0v) is 19.2. The molecule has 0 bridgehead atoms. The number of carbonyl (C=O) groups excluding carboxylic acids is 1. The van der Waals surface area contributed by atoms with Gasteiger partial charge in [0.2, 0.25) is 5.91 Å². The summed E-state index contributed by atoms with van der Waals surface area (Å²) in [5.74, 6) is 2.05. The normalized spacial score (nSPS) is 13.7. The van der Waals surface area contributed by atoms with E-state index in [1.807, 2.05) is 54.3 Å². The highest BCUT2D eigenvalue weighted by molar-refractivity contribution is 5.79. The number of amides is 1. The quantitative estimate of drug-likeness (QED) is 0.577. The molecular weight excluding hydrogens is 420 g/mol. The second kappa shape index (κ2) is 9.77. The molecule has 33 heavy (non-hydrogen) atoms. The van der Waals surface area contributed by atoms with Gasteiger partial charge in [0.1, 0.15) is 5.82 Å². The Morgan fingerprint density at radius 3 is 2.27 bits per heavy atom. The van der Waals surface area contributed by atoms with Gasteiger partial charge in [-0.05, 0) is 42.8 Å². The summed E-state index contributed by atoms with van der Waals surface area (Å²) in [6, 6.07) is 16.5. The van der Waals surface area contributed by atoms with Crippen molar-refractivity contribution in [2.45, 2.75) is 13.3 Å². The molecule has 0 aliphatic carbocycles. The first-order valence-electron chi connectivity index (χ1n) is 10.9. The number of carbonyl (C=O) groups is 1. The van der Waals surface area contributed by atoms with E-state index in [0.717, 1.165) is 22.6 Å². The molecule has 1 fully saturated rings. The number of anilines is 1. The molecule has 0 spiro atoms. The van der Waals surface area contributed by atoms with Crippen LogP contribution in [0.3, 0.4) is 0 Å². The Labute approximate surface area is 193 Å². The summed E-state index contributed by atoms with van der Waals surface area (Å²) in [6.45, 7) is 4.49. The number of hydrogen-bond acceptors (Lipinski definition) is 6. The molecule has 1 aliphatic heterocycles. The number of rotatable bonds is 6. The molecule has 0 saturated carbocycles. The van der Waals surface area contributed by atoms with Crippen LogP contribution in [0.25, 0.3) is 5.69 Å². The van der Waals surface area contributed by atoms with Gasteiger partial charge in [-0.2, -0.15) is 4.68 Å². The minimum absolute atomic E-state index is 0.0689. The average molecular weight is 449 g/mol. The third-order valence-electron chi connectivity index (χ3n) is 5.82. The van der Waals surface area contributed by atoms with E-state index < -0.39 is 0 Å².